The first-order valence-electron chi connectivity index (χ1n) is 4.63. The van der Waals surface area contributed by atoms with Crippen molar-refractivity contribution < 1.29 is 0 Å². The van der Waals surface area contributed by atoms with Gasteiger partial charge in [0, 0.05) is 0 Å². The van der Waals surface area contributed by atoms with E-state index in [-0.39, 0.29) is 0 Å². The van der Waals surface area contributed by atoms with Crippen molar-refractivity contribution in [1.29, 1.82) is 0 Å². The molecule has 0 spiro atoms. The van der Waals surface area contributed by atoms with Crippen molar-refractivity contribution in [3.63, 3.8) is 0 Å². The van der Waals surface area contributed by atoms with Crippen molar-refractivity contribution >= 4 is 9.12 Å². The van der Waals surface area contributed by atoms with Gasteiger partial charge in [0.2, 0.25) is 0 Å². The Kier molecular flexibility index (Phi) is 6.65. The van der Waals surface area contributed by atoms with Gasteiger partial charge < -0.3 is 14.4 Å². The number of hydrogen-bond donors (Lipinski definition) is 1. The zero-order valence-electron chi connectivity index (χ0n) is 9.09. The maximum atomic E-state index is 3.37. The highest BCUT2D eigenvalue weighted by Crippen LogP contribution is 1.97. The SMILES string of the molecule is CCNCC[SiH](N(C)C)N(C)C. The van der Waals surface area contributed by atoms with Gasteiger partial charge in [-0.15, -0.1) is 0 Å². The van der Waals surface area contributed by atoms with Gasteiger partial charge in [-0.25, -0.2) is 0 Å². The van der Waals surface area contributed by atoms with Crippen LogP contribution in [-0.2, 0) is 0 Å². The van der Waals surface area contributed by atoms with Crippen LogP contribution >= 0.6 is 0 Å². The second-order valence-electron chi connectivity index (χ2n) is 3.55. The molecule has 3 nitrogen and oxygen atoms in total. The Morgan fingerprint density at radius 1 is 1.08 bits per heavy atom. The molecule has 0 aromatic heterocycles. The van der Waals surface area contributed by atoms with Crippen LogP contribution in [0.4, 0.5) is 0 Å². The fourth-order valence-electron chi connectivity index (χ4n) is 1.39. The van der Waals surface area contributed by atoms with E-state index in [0.29, 0.717) is 0 Å². The molecule has 0 heterocycles. The predicted octanol–water partition coefficient (Wildman–Crippen LogP) is -0.0604. The molecule has 0 aliphatic rings. The van der Waals surface area contributed by atoms with Gasteiger partial charge in [-0.1, -0.05) is 6.92 Å². The number of nitrogens with zero attached hydrogens (tertiary/aromatic N) is 2. The molecule has 0 aromatic rings. The summed E-state index contributed by atoms with van der Waals surface area (Å²) in [5.74, 6) is 0. The van der Waals surface area contributed by atoms with Gasteiger partial charge in [-0.2, -0.15) is 0 Å². The molecule has 0 fully saturated rings. The van der Waals surface area contributed by atoms with E-state index in [4.69, 9.17) is 0 Å². The van der Waals surface area contributed by atoms with E-state index < -0.39 is 9.12 Å². The van der Waals surface area contributed by atoms with E-state index in [1.807, 2.05) is 0 Å². The highest BCUT2D eigenvalue weighted by atomic mass is 28.3. The van der Waals surface area contributed by atoms with Crippen LogP contribution in [0.5, 0.6) is 0 Å². The maximum absolute atomic E-state index is 3.37. The average Bonchev–Trinajstić information content (AvgIpc) is 1.96. The van der Waals surface area contributed by atoms with Crippen LogP contribution in [0.2, 0.25) is 6.04 Å². The molecule has 0 radical (unpaired) electrons. The Bertz CT molecular complexity index is 98.5. The standard InChI is InChI=1S/C8H23N3Si/c1-6-9-7-8-12(10(2)3)11(4)5/h9,12H,6-8H2,1-5H3. The van der Waals surface area contributed by atoms with Gasteiger partial charge in [0.05, 0.1) is 0 Å². The molecular formula is C8H23N3Si. The Balaban J connectivity index is 3.64. The average molecular weight is 189 g/mol. The lowest BCUT2D eigenvalue weighted by Crippen LogP contribution is -2.46. The summed E-state index contributed by atoms with van der Waals surface area (Å²) in [6, 6.07) is 1.31. The molecule has 0 saturated heterocycles. The van der Waals surface area contributed by atoms with Gasteiger partial charge in [-0.3, -0.25) is 0 Å². The fourth-order valence-corrected chi connectivity index (χ4v) is 3.81. The first-order chi connectivity index (χ1) is 5.59. The van der Waals surface area contributed by atoms with Crippen molar-refractivity contribution in [3.05, 3.63) is 0 Å². The minimum absolute atomic E-state index is 0.808. The van der Waals surface area contributed by atoms with Crippen molar-refractivity contribution in [2.24, 2.45) is 0 Å². The fraction of sp³-hybridized carbons (Fsp3) is 1.00. The largest absolute Gasteiger partial charge is 0.320 e. The predicted molar refractivity (Wildman–Crippen MR) is 57.9 cm³/mol. The Morgan fingerprint density at radius 2 is 1.58 bits per heavy atom. The van der Waals surface area contributed by atoms with Crippen LogP contribution in [0.25, 0.3) is 0 Å². The van der Waals surface area contributed by atoms with Crippen LogP contribution in [0.1, 0.15) is 6.92 Å². The van der Waals surface area contributed by atoms with Gasteiger partial charge >= 0.3 is 0 Å². The van der Waals surface area contributed by atoms with E-state index in [1.165, 1.54) is 6.04 Å². The van der Waals surface area contributed by atoms with Crippen molar-refractivity contribution in [2.45, 2.75) is 13.0 Å². The first kappa shape index (κ1) is 12.1. The summed E-state index contributed by atoms with van der Waals surface area (Å²) in [4.78, 5) is 0. The van der Waals surface area contributed by atoms with E-state index in [2.05, 4.69) is 49.6 Å². The van der Waals surface area contributed by atoms with Crippen LogP contribution < -0.4 is 5.32 Å². The lowest BCUT2D eigenvalue weighted by atomic mass is 10.7. The topological polar surface area (TPSA) is 18.5 Å². The third-order valence-corrected chi connectivity index (χ3v) is 5.21. The summed E-state index contributed by atoms with van der Waals surface area (Å²) in [5, 5.41) is 3.37. The molecule has 0 aliphatic heterocycles. The zero-order valence-corrected chi connectivity index (χ0v) is 10.2. The van der Waals surface area contributed by atoms with Crippen molar-refractivity contribution in [2.75, 3.05) is 41.3 Å². The second kappa shape index (κ2) is 6.60. The zero-order chi connectivity index (χ0) is 9.56. The summed E-state index contributed by atoms with van der Waals surface area (Å²) in [6.45, 7) is 4.40. The molecule has 0 aromatic carbocycles. The van der Waals surface area contributed by atoms with Gasteiger partial charge in [-0.05, 0) is 47.3 Å². The number of rotatable bonds is 6. The van der Waals surface area contributed by atoms with Crippen LogP contribution in [0.15, 0.2) is 0 Å². The minimum Gasteiger partial charge on any atom is -0.320 e. The quantitative estimate of drug-likeness (QED) is 0.466. The van der Waals surface area contributed by atoms with Gasteiger partial charge in [0.15, 0.2) is 9.12 Å². The Morgan fingerprint density at radius 3 is 1.92 bits per heavy atom. The summed E-state index contributed by atoms with van der Waals surface area (Å²) in [6.07, 6.45) is 0. The highest BCUT2D eigenvalue weighted by Gasteiger charge is 2.15. The molecule has 4 heteroatoms. The summed E-state index contributed by atoms with van der Waals surface area (Å²) < 4.78 is 4.77. The Labute approximate surface area is 78.5 Å². The van der Waals surface area contributed by atoms with Crippen molar-refractivity contribution in [3.8, 4) is 0 Å². The number of nitrogens with one attached hydrogen (secondary N) is 1. The van der Waals surface area contributed by atoms with Gasteiger partial charge in [0.1, 0.15) is 0 Å². The lowest BCUT2D eigenvalue weighted by molar-refractivity contribution is 0.509. The molecule has 0 bridgehead atoms. The molecule has 0 rings (SSSR count). The molecule has 0 atom stereocenters. The molecule has 0 unspecified atom stereocenters. The summed E-state index contributed by atoms with van der Waals surface area (Å²) in [5.41, 5.74) is 0. The molecule has 0 amide bonds. The molecule has 0 aliphatic carbocycles. The normalized spacial score (nSPS) is 12.0. The summed E-state index contributed by atoms with van der Waals surface area (Å²) >= 11 is 0. The van der Waals surface area contributed by atoms with E-state index >= 15 is 0 Å². The van der Waals surface area contributed by atoms with Crippen molar-refractivity contribution in [1.82, 2.24) is 14.4 Å². The molecule has 1 N–H and O–H groups in total. The first-order valence-corrected chi connectivity index (χ1v) is 6.48. The third-order valence-electron chi connectivity index (χ3n) is 2.02. The lowest BCUT2D eigenvalue weighted by Gasteiger charge is -2.28. The minimum atomic E-state index is -0.808. The van der Waals surface area contributed by atoms with Crippen LogP contribution in [0, 0.1) is 0 Å². The molecule has 12 heavy (non-hydrogen) atoms. The summed E-state index contributed by atoms with van der Waals surface area (Å²) in [7, 11) is 7.93. The van der Waals surface area contributed by atoms with E-state index in [0.717, 1.165) is 13.1 Å². The maximum Gasteiger partial charge on any atom is 0.190 e. The molecule has 0 saturated carbocycles. The molecule has 74 valence electrons. The van der Waals surface area contributed by atoms with Crippen LogP contribution in [0.3, 0.4) is 0 Å². The van der Waals surface area contributed by atoms with Crippen LogP contribution in [-0.4, -0.2) is 59.5 Å². The highest BCUT2D eigenvalue weighted by molar-refractivity contribution is 6.52. The molecular weight excluding hydrogens is 166 g/mol. The second-order valence-corrected chi connectivity index (χ2v) is 7.15. The number of hydrogen-bond acceptors (Lipinski definition) is 3. The Hall–Kier alpha value is 0.0969. The van der Waals surface area contributed by atoms with E-state index in [9.17, 15) is 0 Å². The monoisotopic (exact) mass is 189 g/mol. The third kappa shape index (κ3) is 4.87. The smallest absolute Gasteiger partial charge is 0.190 e. The van der Waals surface area contributed by atoms with Gasteiger partial charge in [0.25, 0.3) is 0 Å². The van der Waals surface area contributed by atoms with E-state index in [1.54, 1.807) is 0 Å².